The van der Waals surface area contributed by atoms with Crippen LogP contribution in [-0.4, -0.2) is 22.4 Å². The van der Waals surface area contributed by atoms with Crippen LogP contribution >= 0.6 is 0 Å². The molecule has 2 aromatic rings. The van der Waals surface area contributed by atoms with E-state index in [1.54, 1.807) is 0 Å². The Labute approximate surface area is 115 Å². The molecule has 1 aromatic heterocycles. The van der Waals surface area contributed by atoms with E-state index in [4.69, 9.17) is 5.73 Å². The fourth-order valence-electron chi connectivity index (χ4n) is 1.57. The van der Waals surface area contributed by atoms with Gasteiger partial charge in [0.1, 0.15) is 5.69 Å². The second kappa shape index (κ2) is 6.37. The van der Waals surface area contributed by atoms with E-state index in [0.717, 1.165) is 5.56 Å². The molecule has 0 aliphatic heterocycles. The van der Waals surface area contributed by atoms with Crippen molar-refractivity contribution < 1.29 is 4.79 Å². The molecule has 104 valence electrons. The minimum Gasteiger partial charge on any atom is -0.391 e. The molecule has 20 heavy (non-hydrogen) atoms. The second-order valence-corrected chi connectivity index (χ2v) is 4.11. The zero-order chi connectivity index (χ0) is 14.4. The fraction of sp³-hybridized carbons (Fsp3) is 0.154. The number of amides is 1. The van der Waals surface area contributed by atoms with Gasteiger partial charge in [-0.15, -0.1) is 0 Å². The highest BCUT2D eigenvalue weighted by molar-refractivity contribution is 5.81. The molecule has 0 radical (unpaired) electrons. The normalized spacial score (nSPS) is 10.0. The first kappa shape index (κ1) is 13.6. The Kier molecular flexibility index (Phi) is 4.33. The molecule has 7 heteroatoms. The number of aromatic nitrogens is 2. The van der Waals surface area contributed by atoms with Gasteiger partial charge in [-0.25, -0.2) is 4.98 Å². The molecule has 0 aliphatic rings. The van der Waals surface area contributed by atoms with Gasteiger partial charge in [-0.2, -0.15) is 0 Å². The summed E-state index contributed by atoms with van der Waals surface area (Å²) in [5, 5.41) is 5.47. The fourth-order valence-corrected chi connectivity index (χ4v) is 1.57. The van der Waals surface area contributed by atoms with Crippen molar-refractivity contribution in [1.29, 1.82) is 0 Å². The zero-order valence-electron chi connectivity index (χ0n) is 10.7. The van der Waals surface area contributed by atoms with E-state index in [1.807, 2.05) is 30.3 Å². The van der Waals surface area contributed by atoms with Crippen molar-refractivity contribution in [2.45, 2.75) is 6.54 Å². The monoisotopic (exact) mass is 273 g/mol. The van der Waals surface area contributed by atoms with Crippen LogP contribution in [0.5, 0.6) is 0 Å². The zero-order valence-corrected chi connectivity index (χ0v) is 10.7. The molecule has 7 nitrogen and oxygen atoms in total. The van der Waals surface area contributed by atoms with Crippen LogP contribution in [0.4, 0.5) is 11.5 Å². The molecular weight excluding hydrogens is 258 g/mol. The maximum atomic E-state index is 11.7. The summed E-state index contributed by atoms with van der Waals surface area (Å²) in [6, 6.07) is 9.56. The predicted octanol–water partition coefficient (Wildman–Crippen LogP) is 0.0804. The molecule has 0 unspecified atom stereocenters. The smallest absolute Gasteiger partial charge is 0.276 e. The summed E-state index contributed by atoms with van der Waals surface area (Å²) < 4.78 is 0. The Balaban J connectivity index is 1.83. The quantitative estimate of drug-likeness (QED) is 0.616. The number of benzene rings is 1. The van der Waals surface area contributed by atoms with Crippen LogP contribution in [0.2, 0.25) is 0 Å². The third-order valence-electron chi connectivity index (χ3n) is 2.64. The van der Waals surface area contributed by atoms with Crippen LogP contribution in [0.25, 0.3) is 0 Å². The molecular formula is C13H15N5O2. The largest absolute Gasteiger partial charge is 0.391 e. The van der Waals surface area contributed by atoms with Crippen LogP contribution in [0.3, 0.4) is 0 Å². The van der Waals surface area contributed by atoms with E-state index in [-0.39, 0.29) is 24.0 Å². The number of nitrogens with two attached hydrogens (primary N) is 1. The first-order valence-corrected chi connectivity index (χ1v) is 6.04. The minimum atomic E-state index is -0.438. The molecule has 1 aromatic carbocycles. The van der Waals surface area contributed by atoms with E-state index in [0.29, 0.717) is 6.54 Å². The second-order valence-electron chi connectivity index (χ2n) is 4.11. The highest BCUT2D eigenvalue weighted by atomic mass is 16.2. The lowest BCUT2D eigenvalue weighted by atomic mass is 10.2. The van der Waals surface area contributed by atoms with E-state index in [1.165, 1.54) is 6.33 Å². The van der Waals surface area contributed by atoms with Gasteiger partial charge in [0.15, 0.2) is 5.82 Å². The highest BCUT2D eigenvalue weighted by Gasteiger charge is 2.06. The third-order valence-corrected chi connectivity index (χ3v) is 2.64. The summed E-state index contributed by atoms with van der Waals surface area (Å²) >= 11 is 0. The number of anilines is 2. The Hall–Kier alpha value is -2.83. The van der Waals surface area contributed by atoms with Crippen LogP contribution in [0, 0.1) is 0 Å². The summed E-state index contributed by atoms with van der Waals surface area (Å²) in [6.45, 7) is 0.438. The number of rotatable bonds is 5. The molecule has 0 saturated heterocycles. The third kappa shape index (κ3) is 3.58. The lowest BCUT2D eigenvalue weighted by molar-refractivity contribution is -0.119. The molecule has 0 saturated carbocycles. The molecule has 0 fully saturated rings. The number of nitrogen functional groups attached to an aromatic ring is 1. The standard InChI is InChI=1S/C13H15N5O2/c14-11-12(17-8-18-13(11)20)16-7-10(19)15-6-9-4-2-1-3-5-9/h1-5,8H,6-7,14H2,(H,15,19)(H2,16,17,18,20). The molecule has 0 atom stereocenters. The minimum absolute atomic E-state index is 0.00646. The molecule has 0 spiro atoms. The van der Waals surface area contributed by atoms with Crippen LogP contribution in [-0.2, 0) is 11.3 Å². The Bertz CT molecular complexity index is 639. The van der Waals surface area contributed by atoms with Gasteiger partial charge in [-0.3, -0.25) is 9.59 Å². The maximum Gasteiger partial charge on any atom is 0.276 e. The predicted molar refractivity (Wildman–Crippen MR) is 76.0 cm³/mol. The summed E-state index contributed by atoms with van der Waals surface area (Å²) in [5.74, 6) is -0.0149. The molecule has 2 rings (SSSR count). The number of carbonyl (C=O) groups excluding carboxylic acids is 1. The lowest BCUT2D eigenvalue weighted by Crippen LogP contribution is -2.30. The highest BCUT2D eigenvalue weighted by Crippen LogP contribution is 2.06. The van der Waals surface area contributed by atoms with Crippen molar-refractivity contribution in [2.24, 2.45) is 0 Å². The summed E-state index contributed by atoms with van der Waals surface area (Å²) in [4.78, 5) is 29.1. The topological polar surface area (TPSA) is 113 Å². The Morgan fingerprint density at radius 3 is 2.80 bits per heavy atom. The van der Waals surface area contributed by atoms with Crippen LogP contribution in [0.1, 0.15) is 5.56 Å². The average molecular weight is 273 g/mol. The van der Waals surface area contributed by atoms with E-state index in [2.05, 4.69) is 20.6 Å². The number of hydrogen-bond acceptors (Lipinski definition) is 5. The molecule has 0 bridgehead atoms. The van der Waals surface area contributed by atoms with E-state index in [9.17, 15) is 9.59 Å². The maximum absolute atomic E-state index is 11.7. The van der Waals surface area contributed by atoms with Gasteiger partial charge >= 0.3 is 0 Å². The first-order valence-electron chi connectivity index (χ1n) is 6.04. The number of H-pyrrole nitrogens is 1. The van der Waals surface area contributed by atoms with Gasteiger partial charge in [0, 0.05) is 6.54 Å². The lowest BCUT2D eigenvalue weighted by Gasteiger charge is -2.08. The summed E-state index contributed by atoms with van der Waals surface area (Å²) in [5.41, 5.74) is 6.07. The van der Waals surface area contributed by atoms with Gasteiger partial charge in [0.2, 0.25) is 5.91 Å². The van der Waals surface area contributed by atoms with Crippen molar-refractivity contribution in [1.82, 2.24) is 15.3 Å². The van der Waals surface area contributed by atoms with E-state index < -0.39 is 5.56 Å². The van der Waals surface area contributed by atoms with Gasteiger partial charge in [0.25, 0.3) is 5.56 Å². The van der Waals surface area contributed by atoms with Crippen LogP contribution in [0.15, 0.2) is 41.5 Å². The van der Waals surface area contributed by atoms with E-state index >= 15 is 0 Å². The number of hydrogen-bond donors (Lipinski definition) is 4. The number of nitrogens with one attached hydrogen (secondary N) is 3. The Morgan fingerprint density at radius 2 is 2.05 bits per heavy atom. The molecule has 1 amide bonds. The Morgan fingerprint density at radius 1 is 1.30 bits per heavy atom. The number of nitrogens with zero attached hydrogens (tertiary/aromatic N) is 1. The SMILES string of the molecule is Nc1c(NCC(=O)NCc2ccccc2)nc[nH]c1=O. The van der Waals surface area contributed by atoms with Gasteiger partial charge < -0.3 is 21.4 Å². The number of aromatic amines is 1. The van der Waals surface area contributed by atoms with Crippen molar-refractivity contribution in [2.75, 3.05) is 17.6 Å². The van der Waals surface area contributed by atoms with Crippen molar-refractivity contribution in [3.05, 3.63) is 52.6 Å². The summed E-state index contributed by atoms with van der Waals surface area (Å²) in [7, 11) is 0. The number of carbonyl (C=O) groups is 1. The molecule has 1 heterocycles. The van der Waals surface area contributed by atoms with Gasteiger partial charge in [0.05, 0.1) is 12.9 Å². The van der Waals surface area contributed by atoms with Crippen LogP contribution < -0.4 is 21.9 Å². The van der Waals surface area contributed by atoms with Crippen molar-refractivity contribution in [3.8, 4) is 0 Å². The van der Waals surface area contributed by atoms with Gasteiger partial charge in [-0.05, 0) is 5.56 Å². The van der Waals surface area contributed by atoms with Gasteiger partial charge in [-0.1, -0.05) is 30.3 Å². The summed E-state index contributed by atoms with van der Waals surface area (Å²) in [6.07, 6.45) is 1.23. The van der Waals surface area contributed by atoms with Crippen molar-refractivity contribution >= 4 is 17.4 Å². The molecule has 5 N–H and O–H groups in total. The molecule has 0 aliphatic carbocycles. The average Bonchev–Trinajstić information content (AvgIpc) is 2.48. The first-order chi connectivity index (χ1) is 9.66. The van der Waals surface area contributed by atoms with Crippen molar-refractivity contribution in [3.63, 3.8) is 0 Å².